The number of rotatable bonds is 2. The Morgan fingerprint density at radius 1 is 1.05 bits per heavy atom. The molecule has 0 bridgehead atoms. The number of carbonyl (C=O) groups is 2. The van der Waals surface area contributed by atoms with Gasteiger partial charge >= 0.3 is 5.97 Å². The maximum absolute atomic E-state index is 14.6. The average Bonchev–Trinajstić information content (AvgIpc) is 3.42. The summed E-state index contributed by atoms with van der Waals surface area (Å²) < 4.78 is 5.45. The van der Waals surface area contributed by atoms with Crippen molar-refractivity contribution in [3.05, 3.63) is 23.2 Å². The van der Waals surface area contributed by atoms with Gasteiger partial charge in [0.2, 0.25) is 5.82 Å². The highest BCUT2D eigenvalue weighted by atomic mass is 16.5. The summed E-state index contributed by atoms with van der Waals surface area (Å²) in [5.74, 6) is 0.714. The molecule has 0 aromatic carbocycles. The fourth-order valence-electron chi connectivity index (χ4n) is 10.9. The summed E-state index contributed by atoms with van der Waals surface area (Å²) in [6.07, 6.45) is 8.67. The van der Waals surface area contributed by atoms with Crippen molar-refractivity contribution in [1.29, 1.82) is 0 Å². The van der Waals surface area contributed by atoms with Crippen molar-refractivity contribution in [3.8, 4) is 0 Å². The quantitative estimate of drug-likeness (QED) is 0.419. The highest BCUT2D eigenvalue weighted by molar-refractivity contribution is 5.96. The molecule has 8 nitrogen and oxygen atoms in total. The number of tetrazole rings is 1. The van der Waals surface area contributed by atoms with Crippen LogP contribution in [-0.2, 0) is 14.3 Å². The number of allylic oxidation sites excluding steroid dienone is 4. The maximum Gasteiger partial charge on any atom is 0.312 e. The number of ether oxygens (including phenoxy) is 1. The fraction of sp³-hybridized carbons (Fsp3) is 0.781. The Balaban J connectivity index is 1.51. The van der Waals surface area contributed by atoms with Crippen LogP contribution in [0.2, 0.25) is 0 Å². The maximum atomic E-state index is 14.6. The first kappa shape index (κ1) is 27.6. The number of hydrogen-bond donors (Lipinski definition) is 2. The van der Waals surface area contributed by atoms with E-state index in [4.69, 9.17) is 4.74 Å². The molecule has 1 heterocycles. The van der Waals surface area contributed by atoms with Crippen molar-refractivity contribution in [2.24, 2.45) is 50.2 Å². The number of methoxy groups -OCH3 is 1. The molecular formula is C32H46N4O4. The molecule has 6 rings (SSSR count). The van der Waals surface area contributed by atoms with Gasteiger partial charge in [-0.2, -0.15) is 5.21 Å². The molecule has 1 unspecified atom stereocenters. The Hall–Kier alpha value is -2.51. The number of aromatic nitrogens is 4. The van der Waals surface area contributed by atoms with Gasteiger partial charge in [-0.15, -0.1) is 10.2 Å². The minimum atomic E-state index is -0.583. The van der Waals surface area contributed by atoms with Crippen molar-refractivity contribution in [2.75, 3.05) is 7.11 Å². The van der Waals surface area contributed by atoms with E-state index in [0.717, 1.165) is 44.9 Å². The molecule has 0 saturated heterocycles. The van der Waals surface area contributed by atoms with E-state index in [1.807, 2.05) is 6.08 Å². The number of fused-ring (bicyclic) bond motifs is 7. The molecule has 3 fully saturated rings. The zero-order valence-corrected chi connectivity index (χ0v) is 25.5. The van der Waals surface area contributed by atoms with Crippen LogP contribution in [0.1, 0.15) is 106 Å². The van der Waals surface area contributed by atoms with Gasteiger partial charge in [-0.3, -0.25) is 9.59 Å². The largest absolute Gasteiger partial charge is 0.511 e. The van der Waals surface area contributed by atoms with Crippen molar-refractivity contribution >= 4 is 17.3 Å². The Labute approximate surface area is 237 Å². The van der Waals surface area contributed by atoms with Crippen LogP contribution in [-0.4, -0.2) is 44.6 Å². The molecule has 2 N–H and O–H groups in total. The summed E-state index contributed by atoms with van der Waals surface area (Å²) in [6.45, 7) is 15.8. The van der Waals surface area contributed by atoms with Gasteiger partial charge in [-0.25, -0.2) is 0 Å². The number of esters is 1. The number of nitrogens with one attached hydrogen (secondary N) is 1. The number of carbonyl (C=O) groups excluding carboxylic acids is 2. The predicted octanol–water partition coefficient (Wildman–Crippen LogP) is 6.23. The van der Waals surface area contributed by atoms with E-state index < -0.39 is 10.8 Å². The van der Waals surface area contributed by atoms with Crippen LogP contribution < -0.4 is 0 Å². The van der Waals surface area contributed by atoms with E-state index in [1.54, 1.807) is 0 Å². The topological polar surface area (TPSA) is 118 Å². The summed E-state index contributed by atoms with van der Waals surface area (Å²) in [5.41, 5.74) is 0.0531. The minimum absolute atomic E-state index is 0.0308. The highest BCUT2D eigenvalue weighted by Gasteiger charge is 2.71. The van der Waals surface area contributed by atoms with Gasteiger partial charge in [-0.1, -0.05) is 54.0 Å². The summed E-state index contributed by atoms with van der Waals surface area (Å²) in [6, 6.07) is 0. The molecule has 7 atom stereocenters. The third-order valence-corrected chi connectivity index (χ3v) is 13.2. The van der Waals surface area contributed by atoms with Crippen LogP contribution in [0.3, 0.4) is 0 Å². The van der Waals surface area contributed by atoms with Crippen LogP contribution in [0.5, 0.6) is 0 Å². The molecule has 5 aliphatic carbocycles. The number of hydrogen-bond acceptors (Lipinski definition) is 7. The molecule has 0 radical (unpaired) electrons. The highest BCUT2D eigenvalue weighted by Crippen LogP contribution is 2.75. The minimum Gasteiger partial charge on any atom is -0.511 e. The molecule has 0 aliphatic heterocycles. The Kier molecular flexibility index (Phi) is 5.73. The summed E-state index contributed by atoms with van der Waals surface area (Å²) in [5, 5.41) is 26.3. The van der Waals surface area contributed by atoms with Gasteiger partial charge in [0.25, 0.3) is 0 Å². The number of aliphatic hydroxyl groups is 1. The molecule has 0 amide bonds. The third kappa shape index (κ3) is 3.28. The smallest absolute Gasteiger partial charge is 0.312 e. The third-order valence-electron chi connectivity index (χ3n) is 13.2. The van der Waals surface area contributed by atoms with Crippen LogP contribution in [0.15, 0.2) is 17.4 Å². The van der Waals surface area contributed by atoms with E-state index in [2.05, 4.69) is 69.1 Å². The number of aliphatic hydroxyl groups excluding tert-OH is 1. The fourth-order valence-corrected chi connectivity index (χ4v) is 10.9. The molecule has 0 spiro atoms. The lowest BCUT2D eigenvalue weighted by Crippen LogP contribution is -2.65. The van der Waals surface area contributed by atoms with Gasteiger partial charge in [0, 0.05) is 16.9 Å². The lowest BCUT2D eigenvalue weighted by molar-refractivity contribution is -0.191. The van der Waals surface area contributed by atoms with Crippen molar-refractivity contribution < 1.29 is 19.4 Å². The van der Waals surface area contributed by atoms with Gasteiger partial charge in [-0.05, 0) is 96.2 Å². The van der Waals surface area contributed by atoms with E-state index in [0.29, 0.717) is 23.6 Å². The molecule has 1 aromatic heterocycles. The summed E-state index contributed by atoms with van der Waals surface area (Å²) in [4.78, 5) is 28.0. The van der Waals surface area contributed by atoms with Gasteiger partial charge in [0.05, 0.1) is 12.5 Å². The lowest BCUT2D eigenvalue weighted by Gasteiger charge is -2.69. The van der Waals surface area contributed by atoms with Crippen molar-refractivity contribution in [2.45, 2.75) is 99.8 Å². The van der Waals surface area contributed by atoms with Crippen molar-refractivity contribution in [1.82, 2.24) is 20.6 Å². The number of nitrogens with zero attached hydrogens (tertiary/aromatic N) is 3. The normalized spacial score (nSPS) is 43.5. The molecule has 218 valence electrons. The zero-order valence-electron chi connectivity index (χ0n) is 25.5. The lowest BCUT2D eigenvalue weighted by atomic mass is 9.34. The van der Waals surface area contributed by atoms with E-state index in [9.17, 15) is 14.7 Å². The first-order valence-electron chi connectivity index (χ1n) is 15.1. The predicted molar refractivity (Wildman–Crippen MR) is 151 cm³/mol. The van der Waals surface area contributed by atoms with E-state index >= 15 is 0 Å². The van der Waals surface area contributed by atoms with Gasteiger partial charge < -0.3 is 9.84 Å². The van der Waals surface area contributed by atoms with Crippen LogP contribution in [0.25, 0.3) is 5.57 Å². The van der Waals surface area contributed by atoms with Crippen LogP contribution in [0, 0.1) is 50.2 Å². The monoisotopic (exact) mass is 550 g/mol. The Morgan fingerprint density at radius 3 is 2.40 bits per heavy atom. The molecular weight excluding hydrogens is 504 g/mol. The zero-order chi connectivity index (χ0) is 29.1. The Bertz CT molecular complexity index is 1330. The SMILES string of the molecule is COC(=O)[C@]12CCC(C)(C)C[C@H]1[C@H]1C(=O)C=C3[C@@]4(C)CC(c5nn[nH]n5)=C(O)C(C)(C)C4CC[C@@]3(C)[C@]1(C)CC2. The second-order valence-corrected chi connectivity index (χ2v) is 15.8. The summed E-state index contributed by atoms with van der Waals surface area (Å²) >= 11 is 0. The molecule has 8 heteroatoms. The Morgan fingerprint density at radius 2 is 1.75 bits per heavy atom. The second-order valence-electron chi connectivity index (χ2n) is 15.8. The molecule has 40 heavy (non-hydrogen) atoms. The second kappa shape index (κ2) is 8.28. The average molecular weight is 551 g/mol. The first-order chi connectivity index (χ1) is 18.6. The first-order valence-corrected chi connectivity index (χ1v) is 15.1. The molecule has 5 aliphatic rings. The standard InChI is InChI=1S/C32H46N4O4/c1-27(2)11-13-32(26(39)40-8)14-12-31(7)23(19(32)17-27)20(37)15-22-29(5)16-18(25-33-35-36-34-25)24(38)28(3,4)21(29)9-10-30(22,31)6/h15,19,21,23,38H,9-14,16-17H2,1-8H3,(H,33,34,35,36)/t19-,21?,23-,29-,30+,31+,32-/m0/s1. The van der Waals surface area contributed by atoms with E-state index in [1.165, 1.54) is 12.7 Å². The van der Waals surface area contributed by atoms with Crippen LogP contribution >= 0.6 is 0 Å². The van der Waals surface area contributed by atoms with Crippen LogP contribution in [0.4, 0.5) is 0 Å². The molecule has 3 saturated carbocycles. The number of H-pyrrole nitrogens is 1. The van der Waals surface area contributed by atoms with E-state index in [-0.39, 0.29) is 51.2 Å². The summed E-state index contributed by atoms with van der Waals surface area (Å²) in [7, 11) is 1.50. The number of aromatic amines is 1. The molecule has 1 aromatic rings. The van der Waals surface area contributed by atoms with Crippen molar-refractivity contribution in [3.63, 3.8) is 0 Å². The van der Waals surface area contributed by atoms with Gasteiger partial charge in [0.15, 0.2) is 5.78 Å². The number of ketones is 1. The van der Waals surface area contributed by atoms with Gasteiger partial charge in [0.1, 0.15) is 5.76 Å².